The molecule has 0 radical (unpaired) electrons. The summed E-state index contributed by atoms with van der Waals surface area (Å²) in [6.07, 6.45) is -0.0657. The Morgan fingerprint density at radius 1 is 1.11 bits per heavy atom. The lowest BCUT2D eigenvalue weighted by Crippen LogP contribution is -2.48. The highest BCUT2D eigenvalue weighted by Gasteiger charge is 2.30. The summed E-state index contributed by atoms with van der Waals surface area (Å²) in [4.78, 5) is 38.4. The fourth-order valence-corrected chi connectivity index (χ4v) is 3.71. The van der Waals surface area contributed by atoms with Gasteiger partial charge in [-0.1, -0.05) is 44.0 Å². The lowest BCUT2D eigenvalue weighted by molar-refractivity contribution is -0.138. The molecule has 0 aliphatic carbocycles. The van der Waals surface area contributed by atoms with Gasteiger partial charge in [0.25, 0.3) is 0 Å². The molecule has 0 spiro atoms. The van der Waals surface area contributed by atoms with E-state index in [1.807, 2.05) is 13.8 Å². The summed E-state index contributed by atoms with van der Waals surface area (Å²) in [6.45, 7) is 10.7. The molecule has 0 aliphatic rings. The Kier molecular flexibility index (Phi) is 7.90. The maximum absolute atomic E-state index is 13.2. The Morgan fingerprint density at radius 3 is 2.37 bits per heavy atom. The predicted molar refractivity (Wildman–Crippen MR) is 136 cm³/mol. The Balaban J connectivity index is 1.88. The summed E-state index contributed by atoms with van der Waals surface area (Å²) in [5.41, 5.74) is 0.524. The van der Waals surface area contributed by atoms with Crippen LogP contribution in [0.4, 0.5) is 4.79 Å². The first-order valence-electron chi connectivity index (χ1n) is 11.4. The SMILES string of the molecule is CC[C@@H](C)[C@H](NC(=O)OC(C)(C)C)C(=O)Oc1ccc2c(=O)c(-c3ccc(Cl)cc3)c(C)oc2c1. The Bertz CT molecular complexity index is 1290. The first-order valence-corrected chi connectivity index (χ1v) is 11.8. The van der Waals surface area contributed by atoms with E-state index in [2.05, 4.69) is 5.32 Å². The zero-order valence-electron chi connectivity index (χ0n) is 20.7. The van der Waals surface area contributed by atoms with Crippen LogP contribution in [0.5, 0.6) is 5.75 Å². The molecule has 0 saturated heterocycles. The highest BCUT2D eigenvalue weighted by molar-refractivity contribution is 6.30. The number of alkyl carbamates (subject to hydrolysis) is 1. The van der Waals surface area contributed by atoms with Crippen LogP contribution in [-0.2, 0) is 9.53 Å². The van der Waals surface area contributed by atoms with Gasteiger partial charge in [0.05, 0.1) is 10.9 Å². The second-order valence-corrected chi connectivity index (χ2v) is 9.89. The Labute approximate surface area is 209 Å². The molecule has 0 unspecified atom stereocenters. The van der Waals surface area contributed by atoms with Gasteiger partial charge in [-0.3, -0.25) is 4.79 Å². The van der Waals surface area contributed by atoms with E-state index in [0.29, 0.717) is 33.7 Å². The third-order valence-corrected chi connectivity index (χ3v) is 5.78. The maximum atomic E-state index is 13.2. The summed E-state index contributed by atoms with van der Waals surface area (Å²) in [6, 6.07) is 10.6. The monoisotopic (exact) mass is 499 g/mol. The highest BCUT2D eigenvalue weighted by Crippen LogP contribution is 2.27. The van der Waals surface area contributed by atoms with E-state index in [4.69, 9.17) is 25.5 Å². The van der Waals surface area contributed by atoms with Crippen molar-refractivity contribution >= 4 is 34.6 Å². The van der Waals surface area contributed by atoms with Crippen molar-refractivity contribution in [1.29, 1.82) is 0 Å². The highest BCUT2D eigenvalue weighted by atomic mass is 35.5. The summed E-state index contributed by atoms with van der Waals surface area (Å²) < 4.78 is 16.8. The molecule has 3 aromatic rings. The van der Waals surface area contributed by atoms with Crippen molar-refractivity contribution in [1.82, 2.24) is 5.32 Å². The first-order chi connectivity index (χ1) is 16.4. The van der Waals surface area contributed by atoms with Crippen LogP contribution in [-0.4, -0.2) is 23.7 Å². The van der Waals surface area contributed by atoms with Gasteiger partial charge >= 0.3 is 12.1 Å². The second kappa shape index (κ2) is 10.5. The molecule has 2 atom stereocenters. The number of fused-ring (bicyclic) bond motifs is 1. The van der Waals surface area contributed by atoms with E-state index in [9.17, 15) is 14.4 Å². The number of hydrogen-bond donors (Lipinski definition) is 1. The van der Waals surface area contributed by atoms with Gasteiger partial charge in [-0.25, -0.2) is 9.59 Å². The second-order valence-electron chi connectivity index (χ2n) is 9.46. The van der Waals surface area contributed by atoms with E-state index in [-0.39, 0.29) is 22.7 Å². The average Bonchev–Trinajstić information content (AvgIpc) is 2.76. The molecule has 8 heteroatoms. The lowest BCUT2D eigenvalue weighted by atomic mass is 9.99. The number of esters is 1. The molecule has 1 heterocycles. The molecule has 1 aromatic heterocycles. The maximum Gasteiger partial charge on any atom is 0.408 e. The van der Waals surface area contributed by atoms with E-state index >= 15 is 0 Å². The zero-order valence-corrected chi connectivity index (χ0v) is 21.5. The molecule has 1 amide bonds. The van der Waals surface area contributed by atoms with Crippen LogP contribution in [0.15, 0.2) is 51.7 Å². The van der Waals surface area contributed by atoms with Gasteiger partial charge in [-0.15, -0.1) is 0 Å². The summed E-state index contributed by atoms with van der Waals surface area (Å²) >= 11 is 5.97. The minimum atomic E-state index is -0.911. The van der Waals surface area contributed by atoms with Crippen LogP contribution >= 0.6 is 11.6 Å². The minimum Gasteiger partial charge on any atom is -0.460 e. The van der Waals surface area contributed by atoms with Gasteiger partial charge < -0.3 is 19.2 Å². The van der Waals surface area contributed by atoms with Crippen molar-refractivity contribution in [3.63, 3.8) is 0 Å². The van der Waals surface area contributed by atoms with Crippen molar-refractivity contribution in [2.24, 2.45) is 5.92 Å². The number of nitrogens with one attached hydrogen (secondary N) is 1. The van der Waals surface area contributed by atoms with Crippen molar-refractivity contribution in [2.45, 2.75) is 59.6 Å². The molecule has 0 aliphatic heterocycles. The fourth-order valence-electron chi connectivity index (χ4n) is 3.58. The molecular formula is C27H30ClNO6. The normalized spacial score (nSPS) is 13.2. The van der Waals surface area contributed by atoms with Crippen LogP contribution in [0.2, 0.25) is 5.02 Å². The smallest absolute Gasteiger partial charge is 0.408 e. The van der Waals surface area contributed by atoms with Crippen molar-refractivity contribution in [3.05, 3.63) is 63.5 Å². The summed E-state index contributed by atoms with van der Waals surface area (Å²) in [7, 11) is 0. The third kappa shape index (κ3) is 6.42. The van der Waals surface area contributed by atoms with Gasteiger partial charge in [0, 0.05) is 11.1 Å². The summed E-state index contributed by atoms with van der Waals surface area (Å²) in [5, 5.41) is 3.53. The molecule has 186 valence electrons. The Hall–Kier alpha value is -3.32. The number of ether oxygens (including phenoxy) is 2. The fraction of sp³-hybridized carbons (Fsp3) is 0.370. The number of carbonyl (C=O) groups is 2. The first kappa shape index (κ1) is 26.3. The van der Waals surface area contributed by atoms with Gasteiger partial charge in [0.2, 0.25) is 5.43 Å². The Morgan fingerprint density at radius 2 is 1.77 bits per heavy atom. The lowest BCUT2D eigenvalue weighted by Gasteiger charge is -2.25. The zero-order chi connectivity index (χ0) is 25.9. The van der Waals surface area contributed by atoms with Gasteiger partial charge in [-0.2, -0.15) is 0 Å². The molecule has 35 heavy (non-hydrogen) atoms. The number of rotatable bonds is 6. The number of hydrogen-bond acceptors (Lipinski definition) is 6. The van der Waals surface area contributed by atoms with Gasteiger partial charge in [0.1, 0.15) is 28.7 Å². The van der Waals surface area contributed by atoms with E-state index in [1.54, 1.807) is 58.0 Å². The van der Waals surface area contributed by atoms with Crippen molar-refractivity contribution in [3.8, 4) is 16.9 Å². The van der Waals surface area contributed by atoms with E-state index in [1.165, 1.54) is 12.1 Å². The third-order valence-electron chi connectivity index (χ3n) is 5.53. The molecular weight excluding hydrogens is 470 g/mol. The molecule has 1 N–H and O–H groups in total. The standard InChI is InChI=1S/C27H30ClNO6/c1-7-15(2)23(29-26(32)35-27(4,5)6)25(31)34-19-12-13-20-21(14-19)33-16(3)22(24(20)30)17-8-10-18(28)11-9-17/h8-15,23H,7H2,1-6H3,(H,29,32)/t15-,23+/m1/s1. The van der Waals surface area contributed by atoms with Gasteiger partial charge in [0.15, 0.2) is 0 Å². The molecule has 3 rings (SSSR count). The van der Waals surface area contributed by atoms with Crippen LogP contribution in [0.3, 0.4) is 0 Å². The van der Waals surface area contributed by atoms with E-state index in [0.717, 1.165) is 0 Å². The van der Waals surface area contributed by atoms with Crippen molar-refractivity contribution < 1.29 is 23.5 Å². The topological polar surface area (TPSA) is 94.8 Å². The van der Waals surface area contributed by atoms with Crippen LogP contribution in [0, 0.1) is 12.8 Å². The summed E-state index contributed by atoms with van der Waals surface area (Å²) in [5.74, 6) is -0.208. The number of benzene rings is 2. The molecule has 2 aromatic carbocycles. The number of carbonyl (C=O) groups excluding carboxylic acids is 2. The van der Waals surface area contributed by atoms with Crippen LogP contribution in [0.25, 0.3) is 22.1 Å². The van der Waals surface area contributed by atoms with Gasteiger partial charge in [-0.05, 0) is 63.4 Å². The van der Waals surface area contributed by atoms with Crippen molar-refractivity contribution in [2.75, 3.05) is 0 Å². The van der Waals surface area contributed by atoms with Crippen LogP contribution in [0.1, 0.15) is 46.8 Å². The number of aryl methyl sites for hydroxylation is 1. The molecule has 0 fully saturated rings. The predicted octanol–water partition coefficient (Wildman–Crippen LogP) is 6.27. The largest absolute Gasteiger partial charge is 0.460 e. The molecule has 7 nitrogen and oxygen atoms in total. The molecule has 0 bridgehead atoms. The quantitative estimate of drug-likeness (QED) is 0.317. The number of amides is 1. The minimum absolute atomic E-state index is 0.197. The van der Waals surface area contributed by atoms with E-state index < -0.39 is 23.7 Å². The molecule has 0 saturated carbocycles. The average molecular weight is 500 g/mol. The number of halogens is 1. The van der Waals surface area contributed by atoms with Crippen LogP contribution < -0.4 is 15.5 Å².